The molecule has 134 valence electrons. The molecule has 0 spiro atoms. The monoisotopic (exact) mass is 342 g/mol. The number of aromatic nitrogens is 2. The van der Waals surface area contributed by atoms with Gasteiger partial charge in [0.2, 0.25) is 0 Å². The summed E-state index contributed by atoms with van der Waals surface area (Å²) in [6, 6.07) is 7.57. The molecular formula is C19H26N4O2. The van der Waals surface area contributed by atoms with Crippen LogP contribution in [0.25, 0.3) is 0 Å². The molecule has 0 aliphatic carbocycles. The zero-order valence-corrected chi connectivity index (χ0v) is 15.2. The fraction of sp³-hybridized carbons (Fsp3) is 0.421. The molecule has 0 saturated heterocycles. The van der Waals surface area contributed by atoms with Gasteiger partial charge in [0.1, 0.15) is 17.3 Å². The topological polar surface area (TPSA) is 67.4 Å². The van der Waals surface area contributed by atoms with Crippen molar-refractivity contribution in [3.63, 3.8) is 0 Å². The molecule has 2 aromatic rings. The second kappa shape index (κ2) is 9.61. The van der Waals surface area contributed by atoms with E-state index in [1.165, 1.54) is 6.20 Å². The minimum atomic E-state index is -0.229. The molecular weight excluding hydrogens is 316 g/mol. The van der Waals surface area contributed by atoms with Gasteiger partial charge in [-0.2, -0.15) is 0 Å². The first-order valence-electron chi connectivity index (χ1n) is 8.66. The zero-order chi connectivity index (χ0) is 18.1. The maximum absolute atomic E-state index is 12.2. The number of hydrogen-bond acceptors (Lipinski definition) is 5. The number of benzene rings is 1. The number of ether oxygens (including phenoxy) is 1. The highest BCUT2D eigenvalue weighted by Crippen LogP contribution is 2.12. The number of carbonyl (C=O) groups excluding carboxylic acids is 1. The second-order valence-corrected chi connectivity index (χ2v) is 5.78. The predicted molar refractivity (Wildman–Crippen MR) is 99.0 cm³/mol. The average molecular weight is 342 g/mol. The first-order chi connectivity index (χ1) is 12.2. The summed E-state index contributed by atoms with van der Waals surface area (Å²) in [5.41, 5.74) is 1.32. The van der Waals surface area contributed by atoms with Crippen molar-refractivity contribution >= 4 is 11.7 Å². The van der Waals surface area contributed by atoms with E-state index in [-0.39, 0.29) is 5.91 Å². The van der Waals surface area contributed by atoms with Gasteiger partial charge in [-0.15, -0.1) is 0 Å². The number of hydrogen-bond donors (Lipinski definition) is 1. The number of carbonyl (C=O) groups is 1. The van der Waals surface area contributed by atoms with Crippen molar-refractivity contribution in [1.29, 1.82) is 0 Å². The Kier molecular flexibility index (Phi) is 7.19. The van der Waals surface area contributed by atoms with E-state index in [0.29, 0.717) is 12.2 Å². The van der Waals surface area contributed by atoms with Crippen LogP contribution in [0.15, 0.2) is 36.7 Å². The van der Waals surface area contributed by atoms with E-state index in [0.717, 1.165) is 43.1 Å². The van der Waals surface area contributed by atoms with Crippen LogP contribution >= 0.6 is 0 Å². The number of nitrogens with zero attached hydrogens (tertiary/aromatic N) is 3. The number of amides is 1. The minimum absolute atomic E-state index is 0.229. The molecule has 0 aliphatic rings. The molecule has 0 radical (unpaired) electrons. The smallest absolute Gasteiger partial charge is 0.271 e. The van der Waals surface area contributed by atoms with Gasteiger partial charge in [0.25, 0.3) is 5.91 Å². The highest BCUT2D eigenvalue weighted by molar-refractivity contribution is 5.91. The lowest BCUT2D eigenvalue weighted by molar-refractivity contribution is 0.0945. The normalized spacial score (nSPS) is 10.4. The van der Waals surface area contributed by atoms with E-state index in [9.17, 15) is 4.79 Å². The van der Waals surface area contributed by atoms with Gasteiger partial charge < -0.3 is 15.0 Å². The van der Waals surface area contributed by atoms with E-state index in [1.807, 2.05) is 24.3 Å². The van der Waals surface area contributed by atoms with Crippen LogP contribution in [0.4, 0.5) is 5.82 Å². The molecule has 1 heterocycles. The van der Waals surface area contributed by atoms with E-state index in [4.69, 9.17) is 4.74 Å². The Hall–Kier alpha value is -2.63. The third kappa shape index (κ3) is 5.45. The molecule has 1 amide bonds. The third-order valence-corrected chi connectivity index (χ3v) is 3.79. The van der Waals surface area contributed by atoms with Gasteiger partial charge in [0, 0.05) is 19.6 Å². The standard InChI is InChI=1S/C19H26N4O2/c1-4-10-23(11-5-2)18-14-20-17(13-21-18)19(24)22-12-15-6-8-16(25-3)9-7-15/h6-9,13-14H,4-5,10-12H2,1-3H3,(H,22,24). The summed E-state index contributed by atoms with van der Waals surface area (Å²) in [7, 11) is 1.63. The molecule has 0 bridgehead atoms. The van der Waals surface area contributed by atoms with Crippen LogP contribution in [0.5, 0.6) is 5.75 Å². The van der Waals surface area contributed by atoms with Crippen LogP contribution in [-0.2, 0) is 6.54 Å². The molecule has 0 unspecified atom stereocenters. The third-order valence-electron chi connectivity index (χ3n) is 3.79. The second-order valence-electron chi connectivity index (χ2n) is 5.78. The lowest BCUT2D eigenvalue weighted by atomic mass is 10.2. The average Bonchev–Trinajstić information content (AvgIpc) is 2.66. The van der Waals surface area contributed by atoms with Crippen LogP contribution in [0, 0.1) is 0 Å². The van der Waals surface area contributed by atoms with Gasteiger partial charge in [-0.05, 0) is 30.5 Å². The van der Waals surface area contributed by atoms with Crippen molar-refractivity contribution in [2.75, 3.05) is 25.1 Å². The molecule has 1 aromatic heterocycles. The predicted octanol–water partition coefficient (Wildman–Crippen LogP) is 3.04. The van der Waals surface area contributed by atoms with Gasteiger partial charge in [-0.1, -0.05) is 26.0 Å². The van der Waals surface area contributed by atoms with Crippen LogP contribution in [0.2, 0.25) is 0 Å². The minimum Gasteiger partial charge on any atom is -0.497 e. The molecule has 25 heavy (non-hydrogen) atoms. The Morgan fingerprint density at radius 3 is 2.28 bits per heavy atom. The summed E-state index contributed by atoms with van der Waals surface area (Å²) >= 11 is 0. The molecule has 1 aromatic carbocycles. The van der Waals surface area contributed by atoms with Gasteiger partial charge in [0.15, 0.2) is 0 Å². The highest BCUT2D eigenvalue weighted by atomic mass is 16.5. The lowest BCUT2D eigenvalue weighted by Crippen LogP contribution is -2.27. The SMILES string of the molecule is CCCN(CCC)c1cnc(C(=O)NCc2ccc(OC)cc2)cn1. The van der Waals surface area contributed by atoms with E-state index in [2.05, 4.69) is 34.0 Å². The molecule has 0 atom stereocenters. The quantitative estimate of drug-likeness (QED) is 0.759. The summed E-state index contributed by atoms with van der Waals surface area (Å²) in [6.07, 6.45) is 5.31. The Morgan fingerprint density at radius 2 is 1.76 bits per heavy atom. The lowest BCUT2D eigenvalue weighted by Gasteiger charge is -2.22. The Labute approximate surface area is 149 Å². The van der Waals surface area contributed by atoms with Crippen molar-refractivity contribution in [1.82, 2.24) is 15.3 Å². The Balaban J connectivity index is 1.94. The van der Waals surface area contributed by atoms with Crippen LogP contribution < -0.4 is 15.0 Å². The summed E-state index contributed by atoms with van der Waals surface area (Å²) in [5, 5.41) is 2.86. The van der Waals surface area contributed by atoms with Crippen LogP contribution in [0.1, 0.15) is 42.7 Å². The summed E-state index contributed by atoms with van der Waals surface area (Å²) in [6.45, 7) is 6.58. The van der Waals surface area contributed by atoms with Crippen molar-refractivity contribution in [3.8, 4) is 5.75 Å². The molecule has 6 heteroatoms. The maximum atomic E-state index is 12.2. The number of methoxy groups -OCH3 is 1. The maximum Gasteiger partial charge on any atom is 0.271 e. The van der Waals surface area contributed by atoms with Gasteiger partial charge in [-0.3, -0.25) is 4.79 Å². The highest BCUT2D eigenvalue weighted by Gasteiger charge is 2.11. The van der Waals surface area contributed by atoms with Gasteiger partial charge in [0.05, 0.1) is 19.5 Å². The Bertz CT molecular complexity index is 650. The molecule has 1 N–H and O–H groups in total. The van der Waals surface area contributed by atoms with E-state index in [1.54, 1.807) is 13.3 Å². The first-order valence-corrected chi connectivity index (χ1v) is 8.66. The summed E-state index contributed by atoms with van der Waals surface area (Å²) < 4.78 is 5.12. The summed E-state index contributed by atoms with van der Waals surface area (Å²) in [5.74, 6) is 1.38. The van der Waals surface area contributed by atoms with Crippen molar-refractivity contribution in [2.45, 2.75) is 33.2 Å². The van der Waals surface area contributed by atoms with Crippen molar-refractivity contribution in [3.05, 3.63) is 47.9 Å². The molecule has 0 saturated carbocycles. The number of anilines is 1. The van der Waals surface area contributed by atoms with Crippen LogP contribution in [-0.4, -0.2) is 36.1 Å². The fourth-order valence-corrected chi connectivity index (χ4v) is 2.50. The first kappa shape index (κ1) is 18.7. The van der Waals surface area contributed by atoms with Crippen molar-refractivity contribution < 1.29 is 9.53 Å². The Morgan fingerprint density at radius 1 is 1.08 bits per heavy atom. The molecule has 0 aliphatic heterocycles. The van der Waals surface area contributed by atoms with Crippen molar-refractivity contribution in [2.24, 2.45) is 0 Å². The van der Waals surface area contributed by atoms with E-state index < -0.39 is 0 Å². The zero-order valence-electron chi connectivity index (χ0n) is 15.2. The van der Waals surface area contributed by atoms with Gasteiger partial charge in [-0.25, -0.2) is 9.97 Å². The largest absolute Gasteiger partial charge is 0.497 e. The number of rotatable bonds is 9. The molecule has 2 rings (SSSR count). The molecule has 6 nitrogen and oxygen atoms in total. The molecule has 0 fully saturated rings. The summed E-state index contributed by atoms with van der Waals surface area (Å²) in [4.78, 5) is 23.1. The van der Waals surface area contributed by atoms with Gasteiger partial charge >= 0.3 is 0 Å². The fourth-order valence-electron chi connectivity index (χ4n) is 2.50. The number of nitrogens with one attached hydrogen (secondary N) is 1. The van der Waals surface area contributed by atoms with Crippen LogP contribution in [0.3, 0.4) is 0 Å². The van der Waals surface area contributed by atoms with E-state index >= 15 is 0 Å².